The molecule has 1 aromatic carbocycles. The van der Waals surface area contributed by atoms with Crippen molar-refractivity contribution in [3.05, 3.63) is 35.6 Å². The summed E-state index contributed by atoms with van der Waals surface area (Å²) in [5, 5.41) is 0. The Morgan fingerprint density at radius 1 is 1.22 bits per heavy atom. The second kappa shape index (κ2) is 6.33. The summed E-state index contributed by atoms with van der Waals surface area (Å²) in [5.74, 6) is 1.35. The molecule has 1 aromatic rings. The highest BCUT2D eigenvalue weighted by Gasteiger charge is 2.25. The van der Waals surface area contributed by atoms with E-state index >= 15 is 0 Å². The molecule has 0 radical (unpaired) electrons. The van der Waals surface area contributed by atoms with Gasteiger partial charge in [0.1, 0.15) is 5.82 Å². The first-order chi connectivity index (χ1) is 8.70. The fraction of sp³-hybridized carbons (Fsp3) is 0.625. The van der Waals surface area contributed by atoms with Crippen LogP contribution in [0.1, 0.15) is 44.6 Å². The predicted molar refractivity (Wildman–Crippen MR) is 73.8 cm³/mol. The smallest absolute Gasteiger partial charge is 0.126 e. The molecule has 18 heavy (non-hydrogen) atoms. The first-order valence-electron chi connectivity index (χ1n) is 7.19. The Morgan fingerprint density at radius 3 is 2.50 bits per heavy atom. The number of nitrogens with two attached hydrogens (primary N) is 1. The van der Waals surface area contributed by atoms with Gasteiger partial charge in [0, 0.05) is 6.04 Å². The second-order valence-corrected chi connectivity index (χ2v) is 5.65. The van der Waals surface area contributed by atoms with E-state index < -0.39 is 0 Å². The van der Waals surface area contributed by atoms with Gasteiger partial charge in [-0.2, -0.15) is 0 Å². The zero-order valence-electron chi connectivity index (χ0n) is 11.2. The van der Waals surface area contributed by atoms with Crippen molar-refractivity contribution in [2.24, 2.45) is 17.6 Å². The number of halogens is 1. The van der Waals surface area contributed by atoms with Crippen LogP contribution in [0.2, 0.25) is 0 Å². The molecule has 0 amide bonds. The van der Waals surface area contributed by atoms with Gasteiger partial charge >= 0.3 is 0 Å². The maximum Gasteiger partial charge on any atom is 0.126 e. The fourth-order valence-electron chi connectivity index (χ4n) is 3.11. The van der Waals surface area contributed by atoms with Crippen LogP contribution in [0.3, 0.4) is 0 Å². The summed E-state index contributed by atoms with van der Waals surface area (Å²) in [4.78, 5) is 0. The Balaban J connectivity index is 1.89. The molecule has 1 aliphatic carbocycles. The van der Waals surface area contributed by atoms with Crippen molar-refractivity contribution < 1.29 is 4.39 Å². The summed E-state index contributed by atoms with van der Waals surface area (Å²) < 4.78 is 13.6. The average Bonchev–Trinajstić information content (AvgIpc) is 2.41. The van der Waals surface area contributed by atoms with Crippen LogP contribution in [0.5, 0.6) is 0 Å². The molecule has 1 nitrogen and oxygen atoms in total. The van der Waals surface area contributed by atoms with Crippen molar-refractivity contribution in [1.29, 1.82) is 0 Å². The van der Waals surface area contributed by atoms with E-state index in [9.17, 15) is 4.39 Å². The molecule has 0 aliphatic heterocycles. The first kappa shape index (κ1) is 13.5. The van der Waals surface area contributed by atoms with E-state index in [-0.39, 0.29) is 11.9 Å². The van der Waals surface area contributed by atoms with Crippen LogP contribution in [-0.4, -0.2) is 6.04 Å². The quantitative estimate of drug-likeness (QED) is 0.860. The molecule has 0 heterocycles. The van der Waals surface area contributed by atoms with Gasteiger partial charge in [0.15, 0.2) is 0 Å². The highest BCUT2D eigenvalue weighted by molar-refractivity contribution is 5.18. The molecule has 2 N–H and O–H groups in total. The van der Waals surface area contributed by atoms with Gasteiger partial charge in [-0.05, 0) is 42.7 Å². The highest BCUT2D eigenvalue weighted by Crippen LogP contribution is 2.32. The van der Waals surface area contributed by atoms with Crippen molar-refractivity contribution in [2.75, 3.05) is 0 Å². The second-order valence-electron chi connectivity index (χ2n) is 5.65. The molecule has 2 heteroatoms. The summed E-state index contributed by atoms with van der Waals surface area (Å²) in [6.07, 6.45) is 6.99. The molecule has 0 bridgehead atoms. The van der Waals surface area contributed by atoms with Crippen LogP contribution in [0.4, 0.5) is 4.39 Å². The molecule has 1 unspecified atom stereocenters. The van der Waals surface area contributed by atoms with Crippen molar-refractivity contribution in [3.8, 4) is 0 Å². The van der Waals surface area contributed by atoms with Crippen molar-refractivity contribution >= 4 is 0 Å². The molecule has 1 aliphatic rings. The first-order valence-corrected chi connectivity index (χ1v) is 7.19. The molecule has 0 aromatic heterocycles. The molecule has 100 valence electrons. The Kier molecular flexibility index (Phi) is 4.76. The van der Waals surface area contributed by atoms with Crippen molar-refractivity contribution in [3.63, 3.8) is 0 Å². The average molecular weight is 249 g/mol. The van der Waals surface area contributed by atoms with Gasteiger partial charge in [0.25, 0.3) is 0 Å². The lowest BCUT2D eigenvalue weighted by Gasteiger charge is -2.31. The van der Waals surface area contributed by atoms with E-state index in [2.05, 4.69) is 6.92 Å². The molecule has 1 fully saturated rings. The molecule has 0 spiro atoms. The maximum absolute atomic E-state index is 13.6. The minimum Gasteiger partial charge on any atom is -0.327 e. The predicted octanol–water partition coefficient (Wildman–Crippen LogP) is 3.91. The topological polar surface area (TPSA) is 26.0 Å². The Labute approximate surface area is 110 Å². The summed E-state index contributed by atoms with van der Waals surface area (Å²) in [7, 11) is 0. The van der Waals surface area contributed by atoms with Crippen LogP contribution >= 0.6 is 0 Å². The molecular formula is C16H24FN. The number of hydrogen-bond acceptors (Lipinski definition) is 1. The van der Waals surface area contributed by atoms with E-state index in [4.69, 9.17) is 5.73 Å². The minimum atomic E-state index is -0.116. The summed E-state index contributed by atoms with van der Waals surface area (Å²) in [6.45, 7) is 2.27. The van der Waals surface area contributed by atoms with Crippen LogP contribution in [-0.2, 0) is 6.42 Å². The molecule has 2 rings (SSSR count). The normalized spacial score (nSPS) is 25.9. The summed E-state index contributed by atoms with van der Waals surface area (Å²) in [5.41, 5.74) is 7.04. The third kappa shape index (κ3) is 3.32. The number of benzene rings is 1. The van der Waals surface area contributed by atoms with Crippen molar-refractivity contribution in [2.45, 2.75) is 51.5 Å². The third-order valence-electron chi connectivity index (χ3n) is 4.49. The third-order valence-corrected chi connectivity index (χ3v) is 4.49. The van der Waals surface area contributed by atoms with Gasteiger partial charge in [-0.15, -0.1) is 0 Å². The lowest BCUT2D eigenvalue weighted by atomic mass is 9.76. The molecule has 1 atom stereocenters. The zero-order valence-corrected chi connectivity index (χ0v) is 11.2. The zero-order chi connectivity index (χ0) is 13.0. The Bertz CT molecular complexity index is 369. The summed E-state index contributed by atoms with van der Waals surface area (Å²) in [6, 6.07) is 7.11. The van der Waals surface area contributed by atoms with Crippen LogP contribution in [0.25, 0.3) is 0 Å². The van der Waals surface area contributed by atoms with Crippen LogP contribution in [0, 0.1) is 17.7 Å². The van der Waals surface area contributed by atoms with Gasteiger partial charge in [0.05, 0.1) is 0 Å². The highest BCUT2D eigenvalue weighted by atomic mass is 19.1. The SMILES string of the molecule is CCC1CCC(C(N)Cc2ccccc2F)CC1. The van der Waals surface area contributed by atoms with Gasteiger partial charge in [-0.1, -0.05) is 44.4 Å². The fourth-order valence-corrected chi connectivity index (χ4v) is 3.11. The van der Waals surface area contributed by atoms with E-state index in [1.807, 2.05) is 12.1 Å². The number of rotatable bonds is 4. The molecule has 0 saturated heterocycles. The number of hydrogen-bond donors (Lipinski definition) is 1. The van der Waals surface area contributed by atoms with Crippen LogP contribution < -0.4 is 5.73 Å². The summed E-state index contributed by atoms with van der Waals surface area (Å²) >= 11 is 0. The Hall–Kier alpha value is -0.890. The van der Waals surface area contributed by atoms with Gasteiger partial charge in [-0.25, -0.2) is 4.39 Å². The Morgan fingerprint density at radius 2 is 1.89 bits per heavy atom. The van der Waals surface area contributed by atoms with Crippen LogP contribution in [0.15, 0.2) is 24.3 Å². The largest absolute Gasteiger partial charge is 0.327 e. The van der Waals surface area contributed by atoms with E-state index in [1.165, 1.54) is 38.2 Å². The molecule has 1 saturated carbocycles. The van der Waals surface area contributed by atoms with Gasteiger partial charge in [-0.3, -0.25) is 0 Å². The van der Waals surface area contributed by atoms with E-state index in [0.717, 1.165) is 11.5 Å². The van der Waals surface area contributed by atoms with Gasteiger partial charge in [0.2, 0.25) is 0 Å². The van der Waals surface area contributed by atoms with E-state index in [0.29, 0.717) is 12.3 Å². The minimum absolute atomic E-state index is 0.111. The lowest BCUT2D eigenvalue weighted by Crippen LogP contribution is -2.35. The molecular weight excluding hydrogens is 225 g/mol. The van der Waals surface area contributed by atoms with Gasteiger partial charge < -0.3 is 5.73 Å². The van der Waals surface area contributed by atoms with E-state index in [1.54, 1.807) is 6.07 Å². The van der Waals surface area contributed by atoms with Crippen molar-refractivity contribution in [1.82, 2.24) is 0 Å². The maximum atomic E-state index is 13.6. The lowest BCUT2D eigenvalue weighted by molar-refractivity contribution is 0.237. The monoisotopic (exact) mass is 249 g/mol. The standard InChI is InChI=1S/C16H24FN/c1-2-12-7-9-13(10-8-12)16(18)11-14-5-3-4-6-15(14)17/h3-6,12-13,16H,2,7-11,18H2,1H3.